The van der Waals surface area contributed by atoms with Gasteiger partial charge in [-0.15, -0.1) is 0 Å². The molecule has 2 aromatic carbocycles. The van der Waals surface area contributed by atoms with E-state index in [1.165, 1.54) is 0 Å². The molecule has 3 atom stereocenters. The summed E-state index contributed by atoms with van der Waals surface area (Å²) in [5.41, 5.74) is 2.95. The van der Waals surface area contributed by atoms with Crippen LogP contribution in [0.4, 0.5) is 5.69 Å². The largest absolute Gasteiger partial charge is 0.463 e. The minimum Gasteiger partial charge on any atom is -0.463 e. The number of ether oxygens (including phenoxy) is 2. The van der Waals surface area contributed by atoms with Gasteiger partial charge in [0, 0.05) is 16.6 Å². The minimum absolute atomic E-state index is 0.0127. The lowest BCUT2D eigenvalue weighted by Gasteiger charge is -2.41. The molecular weight excluding hydrogens is 402 g/mol. The number of benzene rings is 2. The number of rotatable bonds is 6. The summed E-state index contributed by atoms with van der Waals surface area (Å²) >= 11 is 6.11. The van der Waals surface area contributed by atoms with Crippen molar-refractivity contribution >= 4 is 29.2 Å². The van der Waals surface area contributed by atoms with E-state index in [1.54, 1.807) is 13.8 Å². The summed E-state index contributed by atoms with van der Waals surface area (Å²) in [4.78, 5) is 27.7. The van der Waals surface area contributed by atoms with E-state index in [-0.39, 0.29) is 31.2 Å². The molecule has 1 heterocycles. The highest BCUT2D eigenvalue weighted by Gasteiger charge is 2.57. The van der Waals surface area contributed by atoms with Crippen LogP contribution in [0.25, 0.3) is 0 Å². The molecule has 2 aliphatic rings. The predicted molar refractivity (Wildman–Crippen MR) is 115 cm³/mol. The fourth-order valence-corrected chi connectivity index (χ4v) is 4.71. The van der Waals surface area contributed by atoms with Crippen molar-refractivity contribution in [3.8, 4) is 0 Å². The van der Waals surface area contributed by atoms with Crippen LogP contribution in [-0.2, 0) is 19.1 Å². The fraction of sp³-hybridized carbons (Fsp3) is 0.333. The van der Waals surface area contributed by atoms with Crippen LogP contribution in [-0.4, -0.2) is 31.2 Å². The number of fused-ring (bicyclic) bond motifs is 1. The Bertz CT molecular complexity index is 970. The van der Waals surface area contributed by atoms with Gasteiger partial charge in [0.1, 0.15) is 0 Å². The van der Waals surface area contributed by atoms with Crippen LogP contribution < -0.4 is 4.90 Å². The van der Waals surface area contributed by atoms with Crippen LogP contribution in [0.2, 0.25) is 5.02 Å². The van der Waals surface area contributed by atoms with E-state index in [4.69, 9.17) is 21.1 Å². The number of halogens is 1. The molecule has 6 heteroatoms. The smallest absolute Gasteiger partial charge is 0.336 e. The highest BCUT2D eigenvalue weighted by Crippen LogP contribution is 2.55. The molecule has 1 saturated heterocycles. The molecule has 0 saturated carbocycles. The molecule has 0 aromatic heterocycles. The molecular formula is C24H24ClNO4. The van der Waals surface area contributed by atoms with Crippen LogP contribution in [0.5, 0.6) is 0 Å². The van der Waals surface area contributed by atoms with Crippen molar-refractivity contribution in [2.24, 2.45) is 5.92 Å². The zero-order chi connectivity index (χ0) is 21.3. The van der Waals surface area contributed by atoms with Crippen LogP contribution in [0.3, 0.4) is 0 Å². The minimum atomic E-state index is -0.450. The second-order valence-corrected chi connectivity index (χ2v) is 7.80. The molecule has 0 N–H and O–H groups in total. The molecule has 0 bridgehead atoms. The first kappa shape index (κ1) is 20.5. The van der Waals surface area contributed by atoms with Gasteiger partial charge in [-0.3, -0.25) is 0 Å². The van der Waals surface area contributed by atoms with Crippen molar-refractivity contribution in [3.05, 3.63) is 76.3 Å². The fourth-order valence-electron chi connectivity index (χ4n) is 4.58. The Morgan fingerprint density at radius 3 is 2.13 bits per heavy atom. The average molecular weight is 426 g/mol. The van der Waals surface area contributed by atoms with Crippen molar-refractivity contribution in [2.75, 3.05) is 18.1 Å². The second kappa shape index (κ2) is 8.52. The molecule has 5 nitrogen and oxygen atoms in total. The standard InChI is InChI=1S/C24H24ClNO4/c1-3-29-23(27)20-18-14-19(15-8-6-5-7-9-15)26(17-12-10-16(25)11-13-17)22(18)21(20)24(28)30-4-2/h5-13,18-19,22H,3-4,14H2,1-2H3/t18-,19?,22-/m0/s1. The number of nitrogens with zero attached hydrogens (tertiary/aromatic N) is 1. The zero-order valence-electron chi connectivity index (χ0n) is 17.0. The number of carbonyl (C=O) groups excluding carboxylic acids is 2. The van der Waals surface area contributed by atoms with Gasteiger partial charge in [-0.2, -0.15) is 0 Å². The second-order valence-electron chi connectivity index (χ2n) is 7.37. The van der Waals surface area contributed by atoms with Gasteiger partial charge in [0.15, 0.2) is 0 Å². The molecule has 1 aliphatic carbocycles. The van der Waals surface area contributed by atoms with Gasteiger partial charge in [-0.1, -0.05) is 41.9 Å². The van der Waals surface area contributed by atoms with Crippen LogP contribution in [0.15, 0.2) is 65.7 Å². The van der Waals surface area contributed by atoms with Gasteiger partial charge in [-0.05, 0) is 50.1 Å². The first-order valence-corrected chi connectivity index (χ1v) is 10.6. The van der Waals surface area contributed by atoms with Crippen molar-refractivity contribution in [2.45, 2.75) is 32.4 Å². The number of carbonyl (C=O) groups is 2. The summed E-state index contributed by atoms with van der Waals surface area (Å²) in [5, 5.41) is 0.646. The lowest BCUT2D eigenvalue weighted by atomic mass is 9.72. The average Bonchev–Trinajstić information content (AvgIpc) is 3.04. The third-order valence-corrected chi connectivity index (χ3v) is 6.00. The molecule has 156 valence electrons. The molecule has 30 heavy (non-hydrogen) atoms. The molecule has 0 amide bonds. The Labute approximate surface area is 181 Å². The molecule has 2 aromatic rings. The highest BCUT2D eigenvalue weighted by molar-refractivity contribution is 6.30. The van der Waals surface area contributed by atoms with Gasteiger partial charge in [0.05, 0.1) is 36.4 Å². The number of anilines is 1. The summed E-state index contributed by atoms with van der Waals surface area (Å²) in [7, 11) is 0. The summed E-state index contributed by atoms with van der Waals surface area (Å²) in [6.07, 6.45) is 0.717. The van der Waals surface area contributed by atoms with E-state index in [0.29, 0.717) is 22.6 Å². The van der Waals surface area contributed by atoms with E-state index in [1.807, 2.05) is 42.5 Å². The van der Waals surface area contributed by atoms with Crippen molar-refractivity contribution in [1.29, 1.82) is 0 Å². The Morgan fingerprint density at radius 2 is 1.53 bits per heavy atom. The van der Waals surface area contributed by atoms with E-state index >= 15 is 0 Å². The van der Waals surface area contributed by atoms with Crippen molar-refractivity contribution in [3.63, 3.8) is 0 Å². The lowest BCUT2D eigenvalue weighted by molar-refractivity contribution is -0.144. The number of esters is 2. The van der Waals surface area contributed by atoms with E-state index < -0.39 is 11.9 Å². The topological polar surface area (TPSA) is 55.8 Å². The molecule has 0 radical (unpaired) electrons. The third-order valence-electron chi connectivity index (χ3n) is 5.75. The monoisotopic (exact) mass is 425 g/mol. The summed E-state index contributed by atoms with van der Waals surface area (Å²) < 4.78 is 10.6. The third kappa shape index (κ3) is 3.47. The lowest BCUT2D eigenvalue weighted by Crippen LogP contribution is -2.48. The summed E-state index contributed by atoms with van der Waals surface area (Å²) in [5.74, 6) is -0.967. The van der Waals surface area contributed by atoms with Gasteiger partial charge in [0.2, 0.25) is 0 Å². The zero-order valence-corrected chi connectivity index (χ0v) is 17.8. The maximum atomic E-state index is 12.8. The van der Waals surface area contributed by atoms with E-state index in [9.17, 15) is 9.59 Å². The molecule has 1 aliphatic heterocycles. The van der Waals surface area contributed by atoms with Gasteiger partial charge in [-0.25, -0.2) is 9.59 Å². The Hall–Kier alpha value is -2.79. The van der Waals surface area contributed by atoms with Gasteiger partial charge < -0.3 is 14.4 Å². The Kier molecular flexibility index (Phi) is 5.82. The maximum absolute atomic E-state index is 12.8. The summed E-state index contributed by atoms with van der Waals surface area (Å²) in [6, 6.07) is 17.5. The van der Waals surface area contributed by atoms with Gasteiger partial charge >= 0.3 is 11.9 Å². The van der Waals surface area contributed by atoms with E-state index in [0.717, 1.165) is 11.3 Å². The summed E-state index contributed by atoms with van der Waals surface area (Å²) in [6.45, 7) is 4.04. The molecule has 1 unspecified atom stereocenters. The SMILES string of the molecule is CCOC(=O)C1=C(C(=O)OCC)[C@@H]2CC(c3ccccc3)N(c3ccc(Cl)cc3)[C@H]12. The van der Waals surface area contributed by atoms with Crippen molar-refractivity contribution in [1.82, 2.24) is 0 Å². The highest BCUT2D eigenvalue weighted by atomic mass is 35.5. The van der Waals surface area contributed by atoms with Crippen LogP contribution >= 0.6 is 11.6 Å². The van der Waals surface area contributed by atoms with E-state index in [2.05, 4.69) is 17.0 Å². The molecule has 4 rings (SSSR count). The first-order chi connectivity index (χ1) is 14.6. The van der Waals surface area contributed by atoms with Crippen molar-refractivity contribution < 1.29 is 19.1 Å². The maximum Gasteiger partial charge on any atom is 0.336 e. The normalized spacial score (nSPS) is 22.4. The quantitative estimate of drug-likeness (QED) is 0.627. The predicted octanol–water partition coefficient (Wildman–Crippen LogP) is 4.71. The Balaban J connectivity index is 1.80. The molecule has 1 fully saturated rings. The first-order valence-electron chi connectivity index (χ1n) is 10.2. The molecule has 0 spiro atoms. The Morgan fingerprint density at radius 1 is 0.933 bits per heavy atom. The number of hydrogen-bond acceptors (Lipinski definition) is 5. The van der Waals surface area contributed by atoms with Gasteiger partial charge in [0.25, 0.3) is 0 Å². The number of hydrogen-bond donors (Lipinski definition) is 0. The van der Waals surface area contributed by atoms with Crippen LogP contribution in [0, 0.1) is 5.92 Å². The van der Waals surface area contributed by atoms with Crippen LogP contribution in [0.1, 0.15) is 31.9 Å².